The molecule has 3 heteroatoms. The van der Waals surface area contributed by atoms with Crippen LogP contribution >= 0.6 is 0 Å². The minimum atomic E-state index is -0.193. The van der Waals surface area contributed by atoms with Gasteiger partial charge in [0.25, 0.3) is 0 Å². The van der Waals surface area contributed by atoms with E-state index in [0.29, 0.717) is 5.41 Å². The molecule has 2 N–H and O–H groups in total. The van der Waals surface area contributed by atoms with Crippen molar-refractivity contribution in [1.82, 2.24) is 10.2 Å². The van der Waals surface area contributed by atoms with Crippen molar-refractivity contribution in [2.75, 3.05) is 32.7 Å². The molecule has 1 heterocycles. The van der Waals surface area contributed by atoms with Gasteiger partial charge in [0.2, 0.25) is 0 Å². The van der Waals surface area contributed by atoms with Gasteiger partial charge in [-0.15, -0.1) is 0 Å². The zero-order valence-corrected chi connectivity index (χ0v) is 10.5. The van der Waals surface area contributed by atoms with Crippen molar-refractivity contribution in [3.05, 3.63) is 0 Å². The summed E-state index contributed by atoms with van der Waals surface area (Å²) in [6, 6.07) is 0. The lowest BCUT2D eigenvalue weighted by Gasteiger charge is -2.38. The van der Waals surface area contributed by atoms with Crippen molar-refractivity contribution in [1.29, 1.82) is 0 Å². The maximum atomic E-state index is 9.89. The summed E-state index contributed by atoms with van der Waals surface area (Å²) in [5.41, 5.74) is 0.521. The number of β-amino-alcohol motifs (C(OH)–C–C–N with tert-alkyl or cyclic N) is 1. The van der Waals surface area contributed by atoms with E-state index in [2.05, 4.69) is 17.1 Å². The molecule has 0 spiro atoms. The molecule has 3 nitrogen and oxygen atoms in total. The molecule has 16 heavy (non-hydrogen) atoms. The number of nitrogens with one attached hydrogen (secondary N) is 1. The maximum Gasteiger partial charge on any atom is 0.0791 e. The Morgan fingerprint density at radius 1 is 1.25 bits per heavy atom. The van der Waals surface area contributed by atoms with E-state index < -0.39 is 0 Å². The second-order valence-electron chi connectivity index (χ2n) is 5.96. The van der Waals surface area contributed by atoms with Gasteiger partial charge in [-0.25, -0.2) is 0 Å². The first kappa shape index (κ1) is 12.3. The third kappa shape index (κ3) is 3.44. The summed E-state index contributed by atoms with van der Waals surface area (Å²) in [5, 5.41) is 13.3. The molecule has 2 aliphatic rings. The quantitative estimate of drug-likeness (QED) is 0.715. The summed E-state index contributed by atoms with van der Waals surface area (Å²) in [7, 11) is 0. The summed E-state index contributed by atoms with van der Waals surface area (Å²) >= 11 is 0. The van der Waals surface area contributed by atoms with Crippen LogP contribution in [0.3, 0.4) is 0 Å². The third-order valence-electron chi connectivity index (χ3n) is 4.16. The molecule has 1 saturated carbocycles. The zero-order chi connectivity index (χ0) is 11.4. The van der Waals surface area contributed by atoms with Crippen LogP contribution in [0.5, 0.6) is 0 Å². The van der Waals surface area contributed by atoms with Crippen molar-refractivity contribution in [3.63, 3.8) is 0 Å². The van der Waals surface area contributed by atoms with Crippen LogP contribution in [0, 0.1) is 5.41 Å². The molecule has 94 valence electrons. The van der Waals surface area contributed by atoms with Crippen molar-refractivity contribution >= 4 is 0 Å². The fraction of sp³-hybridized carbons (Fsp3) is 1.00. The number of aliphatic hydroxyl groups is 1. The van der Waals surface area contributed by atoms with Gasteiger partial charge in [0.1, 0.15) is 0 Å². The molecule has 2 fully saturated rings. The highest BCUT2D eigenvalue weighted by molar-refractivity contribution is 4.85. The average molecular weight is 226 g/mol. The van der Waals surface area contributed by atoms with E-state index in [1.165, 1.54) is 45.2 Å². The van der Waals surface area contributed by atoms with E-state index in [1.807, 2.05) is 0 Å². The largest absolute Gasteiger partial charge is 0.390 e. The lowest BCUT2D eigenvalue weighted by atomic mass is 9.70. The van der Waals surface area contributed by atoms with Crippen LogP contribution in [-0.4, -0.2) is 48.8 Å². The van der Waals surface area contributed by atoms with Gasteiger partial charge in [0.15, 0.2) is 0 Å². The molecule has 1 saturated heterocycles. The van der Waals surface area contributed by atoms with E-state index in [9.17, 15) is 5.11 Å². The Balaban J connectivity index is 1.54. The molecule has 0 aromatic heterocycles. The normalized spacial score (nSPS) is 26.6. The fourth-order valence-corrected chi connectivity index (χ4v) is 2.83. The predicted molar refractivity (Wildman–Crippen MR) is 66.5 cm³/mol. The van der Waals surface area contributed by atoms with E-state index in [0.717, 1.165) is 19.6 Å². The first-order valence-corrected chi connectivity index (χ1v) is 6.79. The van der Waals surface area contributed by atoms with E-state index in [-0.39, 0.29) is 6.10 Å². The van der Waals surface area contributed by atoms with Gasteiger partial charge in [-0.05, 0) is 44.2 Å². The smallest absolute Gasteiger partial charge is 0.0791 e. The average Bonchev–Trinajstić information content (AvgIpc) is 2.68. The SMILES string of the molecule is CC1(CNCC(O)CN2CCCC2)CCC1. The summed E-state index contributed by atoms with van der Waals surface area (Å²) in [4.78, 5) is 2.37. The second-order valence-corrected chi connectivity index (χ2v) is 5.96. The summed E-state index contributed by atoms with van der Waals surface area (Å²) in [6.45, 7) is 7.37. The lowest BCUT2D eigenvalue weighted by molar-refractivity contribution is 0.108. The number of nitrogens with zero attached hydrogens (tertiary/aromatic N) is 1. The highest BCUT2D eigenvalue weighted by atomic mass is 16.3. The zero-order valence-electron chi connectivity index (χ0n) is 10.5. The number of aliphatic hydroxyl groups excluding tert-OH is 1. The van der Waals surface area contributed by atoms with Crippen LogP contribution in [0.2, 0.25) is 0 Å². The standard InChI is InChI=1S/C13H26N2O/c1-13(5-4-6-13)11-14-9-12(16)10-15-7-2-3-8-15/h12,14,16H,2-11H2,1H3. The molecule has 1 aliphatic carbocycles. The Bertz CT molecular complexity index is 210. The number of rotatable bonds is 6. The Morgan fingerprint density at radius 2 is 1.94 bits per heavy atom. The van der Waals surface area contributed by atoms with E-state index in [1.54, 1.807) is 0 Å². The van der Waals surface area contributed by atoms with Crippen LogP contribution in [0.15, 0.2) is 0 Å². The van der Waals surface area contributed by atoms with Crippen molar-refractivity contribution in [2.24, 2.45) is 5.41 Å². The highest BCUT2D eigenvalue weighted by Crippen LogP contribution is 2.39. The molecule has 0 bridgehead atoms. The van der Waals surface area contributed by atoms with Crippen LogP contribution in [-0.2, 0) is 0 Å². The van der Waals surface area contributed by atoms with Crippen molar-refractivity contribution in [3.8, 4) is 0 Å². The first-order valence-electron chi connectivity index (χ1n) is 6.79. The highest BCUT2D eigenvalue weighted by Gasteiger charge is 2.31. The van der Waals surface area contributed by atoms with Gasteiger partial charge in [-0.3, -0.25) is 0 Å². The summed E-state index contributed by atoms with van der Waals surface area (Å²) in [6.07, 6.45) is 6.50. The Labute approximate surface area is 99.2 Å². The summed E-state index contributed by atoms with van der Waals surface area (Å²) in [5.74, 6) is 0. The molecule has 2 rings (SSSR count). The molecule has 0 aromatic rings. The molecule has 1 aliphatic heterocycles. The first-order chi connectivity index (χ1) is 7.68. The van der Waals surface area contributed by atoms with Gasteiger partial charge < -0.3 is 15.3 Å². The monoisotopic (exact) mass is 226 g/mol. The Morgan fingerprint density at radius 3 is 2.50 bits per heavy atom. The molecule has 0 amide bonds. The minimum absolute atomic E-state index is 0.193. The predicted octanol–water partition coefficient (Wildman–Crippen LogP) is 1.22. The van der Waals surface area contributed by atoms with E-state index >= 15 is 0 Å². The molecule has 0 aromatic carbocycles. The van der Waals surface area contributed by atoms with E-state index in [4.69, 9.17) is 0 Å². The number of hydrogen-bond donors (Lipinski definition) is 2. The van der Waals surface area contributed by atoms with Gasteiger partial charge >= 0.3 is 0 Å². The Hall–Kier alpha value is -0.120. The van der Waals surface area contributed by atoms with Crippen LogP contribution in [0.25, 0.3) is 0 Å². The third-order valence-corrected chi connectivity index (χ3v) is 4.16. The van der Waals surface area contributed by atoms with Gasteiger partial charge in [0.05, 0.1) is 6.10 Å². The van der Waals surface area contributed by atoms with Crippen molar-refractivity contribution in [2.45, 2.75) is 45.1 Å². The maximum absolute atomic E-state index is 9.89. The number of likely N-dealkylation sites (tertiary alicyclic amines) is 1. The number of hydrogen-bond acceptors (Lipinski definition) is 3. The summed E-state index contributed by atoms with van der Waals surface area (Å²) < 4.78 is 0. The molecule has 0 radical (unpaired) electrons. The second kappa shape index (κ2) is 5.48. The molecular weight excluding hydrogens is 200 g/mol. The minimum Gasteiger partial charge on any atom is -0.390 e. The van der Waals surface area contributed by atoms with Gasteiger partial charge in [0, 0.05) is 19.6 Å². The molecule has 1 unspecified atom stereocenters. The van der Waals surface area contributed by atoms with Crippen LogP contribution in [0.4, 0.5) is 0 Å². The fourth-order valence-electron chi connectivity index (χ4n) is 2.83. The molecule has 1 atom stereocenters. The van der Waals surface area contributed by atoms with Crippen LogP contribution in [0.1, 0.15) is 39.0 Å². The Kier molecular flexibility index (Phi) is 4.22. The topological polar surface area (TPSA) is 35.5 Å². The van der Waals surface area contributed by atoms with Gasteiger partial charge in [-0.2, -0.15) is 0 Å². The van der Waals surface area contributed by atoms with Crippen LogP contribution < -0.4 is 5.32 Å². The van der Waals surface area contributed by atoms with Crippen molar-refractivity contribution < 1.29 is 5.11 Å². The van der Waals surface area contributed by atoms with Gasteiger partial charge in [-0.1, -0.05) is 13.3 Å². The lowest BCUT2D eigenvalue weighted by Crippen LogP contribution is -2.42. The molecular formula is C13H26N2O.